The minimum atomic E-state index is -0.0204. The summed E-state index contributed by atoms with van der Waals surface area (Å²) in [5.41, 5.74) is 2.44. The van der Waals surface area contributed by atoms with E-state index in [9.17, 15) is 4.79 Å². The van der Waals surface area contributed by atoms with Gasteiger partial charge in [0.1, 0.15) is 11.5 Å². The second-order valence-corrected chi connectivity index (χ2v) is 4.50. The van der Waals surface area contributed by atoms with E-state index < -0.39 is 0 Å². The summed E-state index contributed by atoms with van der Waals surface area (Å²) in [7, 11) is 0. The summed E-state index contributed by atoms with van der Waals surface area (Å²) >= 11 is 0. The lowest BCUT2D eigenvalue weighted by atomic mass is 10.2. The molecule has 0 bridgehead atoms. The van der Waals surface area contributed by atoms with E-state index >= 15 is 0 Å². The van der Waals surface area contributed by atoms with Crippen molar-refractivity contribution >= 4 is 11.7 Å². The normalized spacial score (nSPS) is 16.8. The molecule has 3 nitrogen and oxygen atoms in total. The zero-order valence-corrected chi connectivity index (χ0v) is 11.9. The van der Waals surface area contributed by atoms with E-state index in [-0.39, 0.29) is 5.91 Å². The molecule has 1 amide bonds. The van der Waals surface area contributed by atoms with E-state index in [0.29, 0.717) is 5.70 Å². The van der Waals surface area contributed by atoms with Gasteiger partial charge in [0.05, 0.1) is 0 Å². The van der Waals surface area contributed by atoms with Crippen LogP contribution in [0.3, 0.4) is 0 Å². The van der Waals surface area contributed by atoms with E-state index in [2.05, 4.69) is 31.0 Å². The molecule has 3 heteroatoms. The average Bonchev–Trinajstić information content (AvgIpc) is 2.61. The van der Waals surface area contributed by atoms with Crippen LogP contribution in [-0.4, -0.2) is 16.6 Å². The summed E-state index contributed by atoms with van der Waals surface area (Å²) in [5, 5.41) is 0. The molecule has 0 fully saturated rings. The number of carbonyl (C=O) groups excluding carboxylic acids is 1. The van der Waals surface area contributed by atoms with E-state index in [1.165, 1.54) is 0 Å². The molecule has 0 aromatic carbocycles. The van der Waals surface area contributed by atoms with Crippen LogP contribution in [0.25, 0.3) is 0 Å². The van der Waals surface area contributed by atoms with Gasteiger partial charge >= 0.3 is 0 Å². The van der Waals surface area contributed by atoms with Crippen LogP contribution in [0.1, 0.15) is 47.5 Å². The number of hydrogen-bond donors (Lipinski definition) is 0. The van der Waals surface area contributed by atoms with Gasteiger partial charge in [-0.2, -0.15) is 0 Å². The average molecular weight is 246 g/mol. The van der Waals surface area contributed by atoms with E-state index in [1.807, 2.05) is 26.8 Å². The van der Waals surface area contributed by atoms with Crippen molar-refractivity contribution in [3.05, 3.63) is 35.2 Å². The standard InChI is InChI=1S/C15H22N2O/c1-6-8-10-13(9-7-2)17-12(5)16-14(11(3)4)15(17)18/h8-10H,6-7H2,1-5H3/b10-8-,13-9+. The Balaban J connectivity index is 3.13. The fourth-order valence-electron chi connectivity index (χ4n) is 1.82. The Morgan fingerprint density at radius 1 is 1.28 bits per heavy atom. The lowest BCUT2D eigenvalue weighted by Crippen LogP contribution is -2.29. The quantitative estimate of drug-likeness (QED) is 0.548. The third-order valence-corrected chi connectivity index (χ3v) is 2.67. The first-order valence-electron chi connectivity index (χ1n) is 6.46. The molecule has 0 atom stereocenters. The minimum absolute atomic E-state index is 0.0204. The number of carbonyl (C=O) groups is 1. The second-order valence-electron chi connectivity index (χ2n) is 4.50. The van der Waals surface area contributed by atoms with Crippen LogP contribution < -0.4 is 0 Å². The van der Waals surface area contributed by atoms with Crippen LogP contribution in [0, 0.1) is 0 Å². The van der Waals surface area contributed by atoms with Gasteiger partial charge in [0.25, 0.3) is 5.91 Å². The predicted octanol–water partition coefficient (Wildman–Crippen LogP) is 3.80. The zero-order chi connectivity index (χ0) is 13.7. The number of nitrogens with zero attached hydrogens (tertiary/aromatic N) is 2. The fourth-order valence-corrected chi connectivity index (χ4v) is 1.82. The molecule has 0 aromatic heterocycles. The molecule has 1 rings (SSSR count). The maximum absolute atomic E-state index is 12.3. The van der Waals surface area contributed by atoms with Crippen LogP contribution in [0.15, 0.2) is 40.2 Å². The molecule has 0 saturated heterocycles. The van der Waals surface area contributed by atoms with E-state index in [4.69, 9.17) is 0 Å². The number of allylic oxidation sites excluding steroid dienone is 4. The number of hydrogen-bond acceptors (Lipinski definition) is 2. The van der Waals surface area contributed by atoms with Gasteiger partial charge in [-0.15, -0.1) is 0 Å². The Morgan fingerprint density at radius 3 is 2.39 bits per heavy atom. The van der Waals surface area contributed by atoms with Crippen molar-refractivity contribution in [1.29, 1.82) is 0 Å². The molecule has 0 aliphatic carbocycles. The molecule has 98 valence electrons. The van der Waals surface area contributed by atoms with Gasteiger partial charge < -0.3 is 0 Å². The Morgan fingerprint density at radius 2 is 1.94 bits per heavy atom. The number of amides is 1. The maximum atomic E-state index is 12.3. The molecule has 1 heterocycles. The molecule has 0 spiro atoms. The molecule has 1 aliphatic rings. The monoisotopic (exact) mass is 246 g/mol. The van der Waals surface area contributed by atoms with Crippen molar-refractivity contribution in [3.8, 4) is 0 Å². The van der Waals surface area contributed by atoms with E-state index in [1.54, 1.807) is 4.90 Å². The van der Waals surface area contributed by atoms with Gasteiger partial charge in [0.2, 0.25) is 0 Å². The predicted molar refractivity (Wildman–Crippen MR) is 76.1 cm³/mol. The highest BCUT2D eigenvalue weighted by molar-refractivity contribution is 6.13. The van der Waals surface area contributed by atoms with Gasteiger partial charge in [0, 0.05) is 5.70 Å². The maximum Gasteiger partial charge on any atom is 0.282 e. The topological polar surface area (TPSA) is 32.7 Å². The van der Waals surface area contributed by atoms with Crippen LogP contribution in [0.5, 0.6) is 0 Å². The first-order chi connectivity index (χ1) is 8.52. The molecule has 0 radical (unpaired) electrons. The third-order valence-electron chi connectivity index (χ3n) is 2.67. The number of amidine groups is 1. The first kappa shape index (κ1) is 14.4. The molecule has 0 aromatic rings. The largest absolute Gasteiger partial charge is 0.282 e. The number of rotatable bonds is 4. The molecule has 0 saturated carbocycles. The Kier molecular flexibility index (Phi) is 5.08. The SMILES string of the molecule is CC/C=C\C(=C/CC)N1C(=O)C(=C(C)C)N=C1C. The lowest BCUT2D eigenvalue weighted by Gasteiger charge is -2.17. The highest BCUT2D eigenvalue weighted by Crippen LogP contribution is 2.23. The highest BCUT2D eigenvalue weighted by Gasteiger charge is 2.29. The molecule has 18 heavy (non-hydrogen) atoms. The lowest BCUT2D eigenvalue weighted by molar-refractivity contribution is -0.121. The van der Waals surface area contributed by atoms with Gasteiger partial charge in [-0.3, -0.25) is 9.69 Å². The highest BCUT2D eigenvalue weighted by atomic mass is 16.2. The van der Waals surface area contributed by atoms with Crippen LogP contribution in [0.2, 0.25) is 0 Å². The molecular weight excluding hydrogens is 224 g/mol. The van der Waals surface area contributed by atoms with Crippen molar-refractivity contribution in [1.82, 2.24) is 4.90 Å². The summed E-state index contributed by atoms with van der Waals surface area (Å²) in [6.45, 7) is 9.84. The van der Waals surface area contributed by atoms with Crippen molar-refractivity contribution in [2.75, 3.05) is 0 Å². The first-order valence-corrected chi connectivity index (χ1v) is 6.46. The summed E-state index contributed by atoms with van der Waals surface area (Å²) in [4.78, 5) is 18.4. The van der Waals surface area contributed by atoms with Crippen LogP contribution in [0.4, 0.5) is 0 Å². The molecule has 0 N–H and O–H groups in total. The molecule has 1 aliphatic heterocycles. The van der Waals surface area contributed by atoms with Gasteiger partial charge in [-0.05, 0) is 45.3 Å². The Bertz CT molecular complexity index is 449. The fraction of sp³-hybridized carbons (Fsp3) is 0.467. The van der Waals surface area contributed by atoms with Gasteiger partial charge in [0.15, 0.2) is 0 Å². The van der Waals surface area contributed by atoms with E-state index in [0.717, 1.165) is 29.9 Å². The van der Waals surface area contributed by atoms with Gasteiger partial charge in [-0.1, -0.05) is 26.0 Å². The molecule has 0 unspecified atom stereocenters. The van der Waals surface area contributed by atoms with Crippen molar-refractivity contribution in [2.45, 2.75) is 47.5 Å². The summed E-state index contributed by atoms with van der Waals surface area (Å²) in [6, 6.07) is 0. The van der Waals surface area contributed by atoms with Gasteiger partial charge in [-0.25, -0.2) is 4.99 Å². The Hall–Kier alpha value is -1.64. The number of aliphatic imine (C=N–C) groups is 1. The third kappa shape index (κ3) is 2.97. The van der Waals surface area contributed by atoms with Crippen LogP contribution in [-0.2, 0) is 4.79 Å². The summed E-state index contributed by atoms with van der Waals surface area (Å²) < 4.78 is 0. The van der Waals surface area contributed by atoms with Crippen LogP contribution >= 0.6 is 0 Å². The van der Waals surface area contributed by atoms with Crippen molar-refractivity contribution in [2.24, 2.45) is 4.99 Å². The second kappa shape index (κ2) is 6.34. The molecular formula is C15H22N2O. The Labute approximate surface area is 110 Å². The van der Waals surface area contributed by atoms with Crippen molar-refractivity contribution < 1.29 is 4.79 Å². The smallest absolute Gasteiger partial charge is 0.266 e. The zero-order valence-electron chi connectivity index (χ0n) is 11.9. The summed E-state index contributed by atoms with van der Waals surface area (Å²) in [6.07, 6.45) is 7.95. The minimum Gasteiger partial charge on any atom is -0.266 e. The van der Waals surface area contributed by atoms with Crippen molar-refractivity contribution in [3.63, 3.8) is 0 Å². The summed E-state index contributed by atoms with van der Waals surface area (Å²) in [5.74, 6) is 0.726.